The summed E-state index contributed by atoms with van der Waals surface area (Å²) in [6, 6.07) is 4.01. The van der Waals surface area contributed by atoms with Gasteiger partial charge in [0.2, 0.25) is 0 Å². The van der Waals surface area contributed by atoms with Gasteiger partial charge in [0.1, 0.15) is 11.6 Å². The normalized spacial score (nSPS) is 18.6. The second-order valence-corrected chi connectivity index (χ2v) is 4.68. The molecule has 0 saturated carbocycles. The average molecular weight is 268 g/mol. The molecule has 104 valence electrons. The van der Waals surface area contributed by atoms with Gasteiger partial charge in [0.05, 0.1) is 12.7 Å². The molecule has 19 heavy (non-hydrogen) atoms. The second-order valence-electron chi connectivity index (χ2n) is 4.68. The Labute approximate surface area is 112 Å². The Morgan fingerprint density at radius 2 is 2.26 bits per heavy atom. The largest absolute Gasteiger partial charge is 0.493 e. The highest BCUT2D eigenvalue weighted by Crippen LogP contribution is 2.17. The summed E-state index contributed by atoms with van der Waals surface area (Å²) in [5, 5.41) is 17.8. The topological polar surface area (TPSA) is 58.9 Å². The molecule has 0 spiro atoms. The van der Waals surface area contributed by atoms with E-state index in [1.54, 1.807) is 0 Å². The van der Waals surface area contributed by atoms with Crippen molar-refractivity contribution < 1.29 is 23.9 Å². The van der Waals surface area contributed by atoms with E-state index in [0.717, 1.165) is 32.3 Å². The minimum Gasteiger partial charge on any atom is -0.493 e. The van der Waals surface area contributed by atoms with Crippen molar-refractivity contribution in [1.82, 2.24) is 0 Å². The van der Waals surface area contributed by atoms with E-state index < -0.39 is 12.9 Å². The number of hydrogen-bond donors (Lipinski definition) is 2. The molecule has 0 bridgehead atoms. The van der Waals surface area contributed by atoms with Crippen molar-refractivity contribution >= 4 is 12.6 Å². The van der Waals surface area contributed by atoms with E-state index in [2.05, 4.69) is 0 Å². The smallest absolute Gasteiger partial charge is 0.491 e. The van der Waals surface area contributed by atoms with Crippen LogP contribution in [0.4, 0.5) is 4.39 Å². The average Bonchev–Trinajstić information content (AvgIpc) is 2.87. The molecule has 0 radical (unpaired) electrons. The Hall–Kier alpha value is -1.11. The Kier molecular flexibility index (Phi) is 5.19. The van der Waals surface area contributed by atoms with Gasteiger partial charge in [-0.2, -0.15) is 0 Å². The van der Waals surface area contributed by atoms with E-state index in [0.29, 0.717) is 18.5 Å². The lowest BCUT2D eigenvalue weighted by molar-refractivity contribution is 0.0981. The highest BCUT2D eigenvalue weighted by atomic mass is 19.1. The van der Waals surface area contributed by atoms with Gasteiger partial charge in [-0.3, -0.25) is 0 Å². The lowest BCUT2D eigenvalue weighted by Gasteiger charge is -2.10. The van der Waals surface area contributed by atoms with Crippen LogP contribution in [0, 0.1) is 5.82 Å². The summed E-state index contributed by atoms with van der Waals surface area (Å²) in [5.41, 5.74) is -0.147. The number of ether oxygens (including phenoxy) is 2. The Morgan fingerprint density at radius 3 is 2.89 bits per heavy atom. The molecule has 1 aromatic carbocycles. The van der Waals surface area contributed by atoms with Crippen LogP contribution in [0.2, 0.25) is 0 Å². The summed E-state index contributed by atoms with van der Waals surface area (Å²) in [5.74, 6) is -0.277. The van der Waals surface area contributed by atoms with Crippen LogP contribution in [0.15, 0.2) is 18.2 Å². The fourth-order valence-electron chi connectivity index (χ4n) is 2.18. The molecule has 1 aromatic rings. The van der Waals surface area contributed by atoms with Gasteiger partial charge in [-0.1, -0.05) is 6.07 Å². The molecule has 1 saturated heterocycles. The molecule has 1 heterocycles. The molecule has 1 aliphatic heterocycles. The lowest BCUT2D eigenvalue weighted by atomic mass is 9.80. The zero-order valence-corrected chi connectivity index (χ0v) is 10.7. The zero-order valence-electron chi connectivity index (χ0n) is 10.7. The van der Waals surface area contributed by atoms with Crippen LogP contribution >= 0.6 is 0 Å². The molecule has 4 nitrogen and oxygen atoms in total. The molecule has 1 aliphatic rings. The summed E-state index contributed by atoms with van der Waals surface area (Å²) in [6.07, 6.45) is 4.39. The fourth-order valence-corrected chi connectivity index (χ4v) is 2.18. The summed E-state index contributed by atoms with van der Waals surface area (Å²) in [7, 11) is -1.80. The van der Waals surface area contributed by atoms with Crippen molar-refractivity contribution in [3.63, 3.8) is 0 Å². The minimum atomic E-state index is -1.80. The molecular weight excluding hydrogens is 250 g/mol. The predicted molar refractivity (Wildman–Crippen MR) is 69.9 cm³/mol. The Morgan fingerprint density at radius 1 is 1.42 bits per heavy atom. The SMILES string of the molecule is OB(O)c1ccc(OCCCC2CCCO2)cc1F. The third-order valence-electron chi connectivity index (χ3n) is 3.21. The maximum atomic E-state index is 13.4. The molecule has 0 amide bonds. The van der Waals surface area contributed by atoms with Crippen LogP contribution in [-0.2, 0) is 4.74 Å². The van der Waals surface area contributed by atoms with Gasteiger partial charge < -0.3 is 19.5 Å². The first-order valence-electron chi connectivity index (χ1n) is 6.57. The zero-order chi connectivity index (χ0) is 13.7. The van der Waals surface area contributed by atoms with Gasteiger partial charge in [0.25, 0.3) is 0 Å². The first-order chi connectivity index (χ1) is 9.16. The van der Waals surface area contributed by atoms with Gasteiger partial charge in [-0.25, -0.2) is 4.39 Å². The van der Waals surface area contributed by atoms with Crippen LogP contribution in [-0.4, -0.2) is 36.5 Å². The fraction of sp³-hybridized carbons (Fsp3) is 0.538. The van der Waals surface area contributed by atoms with Gasteiger partial charge in [-0.05, 0) is 31.7 Å². The molecule has 1 fully saturated rings. The molecular formula is C13H18BFO4. The molecule has 1 atom stereocenters. The van der Waals surface area contributed by atoms with Gasteiger partial charge in [0, 0.05) is 18.1 Å². The Bertz CT molecular complexity index is 408. The Balaban J connectivity index is 1.74. The van der Waals surface area contributed by atoms with E-state index in [1.807, 2.05) is 0 Å². The van der Waals surface area contributed by atoms with E-state index in [-0.39, 0.29) is 5.46 Å². The summed E-state index contributed by atoms with van der Waals surface area (Å²) < 4.78 is 24.4. The van der Waals surface area contributed by atoms with Crippen LogP contribution in [0.3, 0.4) is 0 Å². The standard InChI is InChI=1S/C13H18BFO4/c15-13-9-11(5-6-12(13)14(16)17)19-8-2-4-10-3-1-7-18-10/h5-6,9-10,16-17H,1-4,7-8H2. The maximum Gasteiger partial charge on any atom is 0.491 e. The van der Waals surface area contributed by atoms with Crippen LogP contribution in [0.1, 0.15) is 25.7 Å². The molecule has 1 unspecified atom stereocenters. The molecule has 2 rings (SSSR count). The van der Waals surface area contributed by atoms with Crippen molar-refractivity contribution in [3.05, 3.63) is 24.0 Å². The summed E-state index contributed by atoms with van der Waals surface area (Å²) >= 11 is 0. The third kappa shape index (κ3) is 4.19. The maximum absolute atomic E-state index is 13.4. The van der Waals surface area contributed by atoms with Crippen molar-refractivity contribution in [2.75, 3.05) is 13.2 Å². The van der Waals surface area contributed by atoms with Crippen molar-refractivity contribution in [1.29, 1.82) is 0 Å². The van der Waals surface area contributed by atoms with Crippen molar-refractivity contribution in [2.24, 2.45) is 0 Å². The molecule has 0 aliphatic carbocycles. The van der Waals surface area contributed by atoms with Gasteiger partial charge in [0.15, 0.2) is 0 Å². The van der Waals surface area contributed by atoms with E-state index >= 15 is 0 Å². The summed E-state index contributed by atoms with van der Waals surface area (Å²) in [4.78, 5) is 0. The van der Waals surface area contributed by atoms with Gasteiger partial charge in [-0.15, -0.1) is 0 Å². The molecule has 2 N–H and O–H groups in total. The minimum absolute atomic E-state index is 0.147. The summed E-state index contributed by atoms with van der Waals surface area (Å²) in [6.45, 7) is 1.35. The number of halogens is 1. The lowest BCUT2D eigenvalue weighted by Crippen LogP contribution is -2.32. The van der Waals surface area contributed by atoms with E-state index in [9.17, 15) is 4.39 Å². The van der Waals surface area contributed by atoms with Crippen LogP contribution in [0.5, 0.6) is 5.75 Å². The highest BCUT2D eigenvalue weighted by Gasteiger charge is 2.17. The first kappa shape index (κ1) is 14.3. The first-order valence-corrected chi connectivity index (χ1v) is 6.57. The third-order valence-corrected chi connectivity index (χ3v) is 3.21. The number of benzene rings is 1. The predicted octanol–water partition coefficient (Wildman–Crippen LogP) is 0.843. The quantitative estimate of drug-likeness (QED) is 0.593. The molecule has 0 aromatic heterocycles. The van der Waals surface area contributed by atoms with Crippen LogP contribution < -0.4 is 10.2 Å². The molecule has 6 heteroatoms. The number of hydrogen-bond acceptors (Lipinski definition) is 4. The number of rotatable bonds is 6. The van der Waals surface area contributed by atoms with Crippen molar-refractivity contribution in [3.8, 4) is 5.75 Å². The monoisotopic (exact) mass is 268 g/mol. The van der Waals surface area contributed by atoms with Gasteiger partial charge >= 0.3 is 7.12 Å². The second kappa shape index (κ2) is 6.89. The highest BCUT2D eigenvalue weighted by molar-refractivity contribution is 6.58. The van der Waals surface area contributed by atoms with E-state index in [4.69, 9.17) is 19.5 Å². The van der Waals surface area contributed by atoms with Crippen LogP contribution in [0.25, 0.3) is 0 Å². The van der Waals surface area contributed by atoms with E-state index in [1.165, 1.54) is 18.2 Å². The van der Waals surface area contributed by atoms with Crippen molar-refractivity contribution in [2.45, 2.75) is 31.8 Å².